The van der Waals surface area contributed by atoms with Gasteiger partial charge in [-0.1, -0.05) is 5.92 Å². The molecule has 19 heavy (non-hydrogen) atoms. The molecule has 0 unspecified atom stereocenters. The van der Waals surface area contributed by atoms with E-state index in [1.807, 2.05) is 0 Å². The molecule has 1 aliphatic carbocycles. The number of nitrogens with zero attached hydrogens (tertiary/aromatic N) is 2. The maximum Gasteiger partial charge on any atom is 0.416 e. The van der Waals surface area contributed by atoms with Crippen LogP contribution in [0.2, 0.25) is 0 Å². The van der Waals surface area contributed by atoms with E-state index in [1.165, 1.54) is 29.2 Å². The Morgan fingerprint density at radius 1 is 1.47 bits per heavy atom. The minimum Gasteiger partial charge on any atom is -0.410 e. The van der Waals surface area contributed by atoms with Gasteiger partial charge in [0.25, 0.3) is 5.69 Å². The molecule has 0 heterocycles. The second-order valence-electron chi connectivity index (χ2n) is 4.18. The van der Waals surface area contributed by atoms with Crippen LogP contribution in [0.3, 0.4) is 0 Å². The third kappa shape index (κ3) is 3.22. The smallest absolute Gasteiger partial charge is 0.410 e. The normalized spacial score (nSPS) is 13.4. The highest BCUT2D eigenvalue weighted by molar-refractivity contribution is 5.72. The first-order valence-corrected chi connectivity index (χ1v) is 5.78. The van der Waals surface area contributed by atoms with E-state index in [4.69, 9.17) is 11.2 Å². The number of benzene rings is 1. The van der Waals surface area contributed by atoms with Gasteiger partial charge < -0.3 is 4.74 Å². The summed E-state index contributed by atoms with van der Waals surface area (Å²) in [6.07, 6.45) is 6.54. The standard InChI is InChI=1S/C13H12N2O4/c1-2-9-14(10-3-4-10)13(16)19-12-7-5-11(6-8-12)15(17)18/h1,5-8,10H,3-4,9H2. The molecular formula is C13H12N2O4. The predicted molar refractivity (Wildman–Crippen MR) is 67.7 cm³/mol. The Kier molecular flexibility index (Phi) is 3.66. The number of nitro groups is 1. The second-order valence-corrected chi connectivity index (χ2v) is 4.18. The first kappa shape index (κ1) is 12.9. The van der Waals surface area contributed by atoms with E-state index in [1.54, 1.807) is 0 Å². The molecule has 1 aliphatic rings. The molecule has 1 saturated carbocycles. The molecule has 0 saturated heterocycles. The van der Waals surface area contributed by atoms with Gasteiger partial charge in [0, 0.05) is 18.2 Å². The molecule has 0 atom stereocenters. The molecule has 2 rings (SSSR count). The maximum absolute atomic E-state index is 11.9. The molecule has 6 nitrogen and oxygen atoms in total. The quantitative estimate of drug-likeness (QED) is 0.472. The topological polar surface area (TPSA) is 72.7 Å². The zero-order chi connectivity index (χ0) is 13.8. The van der Waals surface area contributed by atoms with E-state index in [0.717, 1.165) is 12.8 Å². The molecule has 1 fully saturated rings. The number of rotatable bonds is 4. The predicted octanol–water partition coefficient (Wildman–Crippen LogP) is 2.19. The highest BCUT2D eigenvalue weighted by Crippen LogP contribution is 2.27. The van der Waals surface area contributed by atoms with Crippen LogP contribution < -0.4 is 4.74 Å². The lowest BCUT2D eigenvalue weighted by atomic mass is 10.3. The largest absolute Gasteiger partial charge is 0.416 e. The van der Waals surface area contributed by atoms with Crippen LogP contribution >= 0.6 is 0 Å². The monoisotopic (exact) mass is 260 g/mol. The minimum atomic E-state index is -0.519. The molecule has 0 aliphatic heterocycles. The van der Waals surface area contributed by atoms with Crippen molar-refractivity contribution < 1.29 is 14.5 Å². The van der Waals surface area contributed by atoms with Gasteiger partial charge >= 0.3 is 6.09 Å². The Labute approximate surface area is 110 Å². The molecule has 0 radical (unpaired) electrons. The van der Waals surface area contributed by atoms with Crippen LogP contribution in [-0.2, 0) is 0 Å². The number of amides is 1. The van der Waals surface area contributed by atoms with Crippen molar-refractivity contribution in [3.63, 3.8) is 0 Å². The van der Waals surface area contributed by atoms with Crippen LogP contribution in [0, 0.1) is 22.5 Å². The molecule has 0 aromatic heterocycles. The van der Waals surface area contributed by atoms with Crippen molar-refractivity contribution in [3.8, 4) is 18.1 Å². The van der Waals surface area contributed by atoms with Crippen LogP contribution in [-0.4, -0.2) is 28.5 Å². The van der Waals surface area contributed by atoms with Crippen molar-refractivity contribution in [2.24, 2.45) is 0 Å². The molecule has 0 bridgehead atoms. The first-order chi connectivity index (χ1) is 9.11. The van der Waals surface area contributed by atoms with Gasteiger partial charge in [-0.3, -0.25) is 15.0 Å². The fraction of sp³-hybridized carbons (Fsp3) is 0.308. The van der Waals surface area contributed by atoms with Gasteiger partial charge in [0.15, 0.2) is 0 Å². The Bertz CT molecular complexity index is 529. The highest BCUT2D eigenvalue weighted by Gasteiger charge is 2.33. The Morgan fingerprint density at radius 3 is 2.58 bits per heavy atom. The molecule has 98 valence electrons. The average molecular weight is 260 g/mol. The van der Waals surface area contributed by atoms with Gasteiger partial charge in [0.05, 0.1) is 11.5 Å². The van der Waals surface area contributed by atoms with Gasteiger partial charge in [-0.15, -0.1) is 6.42 Å². The summed E-state index contributed by atoms with van der Waals surface area (Å²) in [6, 6.07) is 5.49. The van der Waals surface area contributed by atoms with E-state index in [-0.39, 0.29) is 24.0 Å². The number of hydrogen-bond acceptors (Lipinski definition) is 4. The Hall–Kier alpha value is -2.55. The van der Waals surface area contributed by atoms with Gasteiger partial charge in [-0.2, -0.15) is 0 Å². The van der Waals surface area contributed by atoms with Crippen LogP contribution in [0.25, 0.3) is 0 Å². The van der Waals surface area contributed by atoms with E-state index >= 15 is 0 Å². The summed E-state index contributed by atoms with van der Waals surface area (Å²) in [5.41, 5.74) is -0.0533. The second kappa shape index (κ2) is 5.40. The fourth-order valence-electron chi connectivity index (χ4n) is 1.62. The first-order valence-electron chi connectivity index (χ1n) is 5.78. The summed E-state index contributed by atoms with van der Waals surface area (Å²) in [6.45, 7) is 0.205. The van der Waals surface area contributed by atoms with Crippen molar-refractivity contribution in [2.45, 2.75) is 18.9 Å². The number of nitro benzene ring substituents is 1. The summed E-state index contributed by atoms with van der Waals surface area (Å²) in [5, 5.41) is 10.5. The zero-order valence-electron chi connectivity index (χ0n) is 10.1. The summed E-state index contributed by atoms with van der Waals surface area (Å²) in [5.74, 6) is 2.68. The molecule has 0 N–H and O–H groups in total. The summed E-state index contributed by atoms with van der Waals surface area (Å²) in [4.78, 5) is 23.3. The third-order valence-electron chi connectivity index (χ3n) is 2.74. The van der Waals surface area contributed by atoms with Crippen LogP contribution in [0.15, 0.2) is 24.3 Å². The number of ether oxygens (including phenoxy) is 1. The molecular weight excluding hydrogens is 248 g/mol. The van der Waals surface area contributed by atoms with Gasteiger partial charge in [0.1, 0.15) is 5.75 Å². The molecule has 6 heteroatoms. The number of non-ortho nitro benzene ring substituents is 1. The van der Waals surface area contributed by atoms with Gasteiger partial charge in [0.2, 0.25) is 0 Å². The van der Waals surface area contributed by atoms with E-state index in [2.05, 4.69) is 5.92 Å². The lowest BCUT2D eigenvalue weighted by Crippen LogP contribution is -2.35. The average Bonchev–Trinajstić information content (AvgIpc) is 3.20. The van der Waals surface area contributed by atoms with E-state index in [0.29, 0.717) is 0 Å². The molecule has 1 aromatic carbocycles. The van der Waals surface area contributed by atoms with Crippen molar-refractivity contribution in [1.29, 1.82) is 0 Å². The van der Waals surface area contributed by atoms with Crippen molar-refractivity contribution in [3.05, 3.63) is 34.4 Å². The third-order valence-corrected chi connectivity index (χ3v) is 2.74. The fourth-order valence-corrected chi connectivity index (χ4v) is 1.62. The SMILES string of the molecule is C#CCN(C(=O)Oc1ccc([N+](=O)[O-])cc1)C1CC1. The van der Waals surface area contributed by atoms with Gasteiger partial charge in [-0.05, 0) is 25.0 Å². The Morgan fingerprint density at radius 2 is 2.11 bits per heavy atom. The minimum absolute atomic E-state index is 0.0533. The number of terminal acetylenes is 1. The van der Waals surface area contributed by atoms with Crippen molar-refractivity contribution >= 4 is 11.8 Å². The zero-order valence-corrected chi connectivity index (χ0v) is 10.1. The number of hydrogen-bond donors (Lipinski definition) is 0. The summed E-state index contributed by atoms with van der Waals surface area (Å²) in [7, 11) is 0. The van der Waals surface area contributed by atoms with Crippen molar-refractivity contribution in [2.75, 3.05) is 6.54 Å². The van der Waals surface area contributed by atoms with Crippen molar-refractivity contribution in [1.82, 2.24) is 4.90 Å². The Balaban J connectivity index is 2.01. The van der Waals surface area contributed by atoms with Crippen LogP contribution in [0.1, 0.15) is 12.8 Å². The highest BCUT2D eigenvalue weighted by atomic mass is 16.6. The molecule has 1 aromatic rings. The van der Waals surface area contributed by atoms with Crippen LogP contribution in [0.5, 0.6) is 5.75 Å². The molecule has 0 spiro atoms. The lowest BCUT2D eigenvalue weighted by molar-refractivity contribution is -0.384. The number of carbonyl (C=O) groups excluding carboxylic acids is 1. The molecule has 1 amide bonds. The number of carbonyl (C=O) groups is 1. The maximum atomic E-state index is 11.9. The summed E-state index contributed by atoms with van der Waals surface area (Å²) < 4.78 is 5.13. The van der Waals surface area contributed by atoms with Gasteiger partial charge in [-0.25, -0.2) is 4.79 Å². The van der Waals surface area contributed by atoms with E-state index < -0.39 is 11.0 Å². The van der Waals surface area contributed by atoms with E-state index in [9.17, 15) is 14.9 Å². The van der Waals surface area contributed by atoms with Crippen LogP contribution in [0.4, 0.5) is 10.5 Å². The lowest BCUT2D eigenvalue weighted by Gasteiger charge is -2.18. The summed E-state index contributed by atoms with van der Waals surface area (Å²) >= 11 is 0.